The van der Waals surface area contributed by atoms with E-state index in [1.807, 2.05) is 24.3 Å². The predicted octanol–water partition coefficient (Wildman–Crippen LogP) is 5.14. The molecular weight excluding hydrogens is 324 g/mol. The molecule has 0 aromatic heterocycles. The average molecular weight is 340 g/mol. The Labute approximate surface area is 150 Å². The molecule has 0 fully saturated rings. The molecule has 0 heterocycles. The van der Waals surface area contributed by atoms with Crippen LogP contribution in [-0.4, -0.2) is 17.3 Å². The maximum Gasteiger partial charge on any atom is 0.335 e. The van der Waals surface area contributed by atoms with Crippen LogP contribution in [0.2, 0.25) is 0 Å². The number of carboxylic acid groups (broad SMARTS) is 1. The number of nitrogens with one attached hydrogen (secondary N) is 1. The normalized spacial score (nSPS) is 11.2. The highest BCUT2D eigenvalue weighted by atomic mass is 16.4. The Morgan fingerprint density at radius 1 is 0.846 bits per heavy atom. The maximum atomic E-state index is 11.1. The van der Waals surface area contributed by atoms with Gasteiger partial charge in [-0.3, -0.25) is 5.43 Å². The summed E-state index contributed by atoms with van der Waals surface area (Å²) in [7, 11) is 0. The molecule has 4 nitrogen and oxygen atoms in total. The van der Waals surface area contributed by atoms with Crippen LogP contribution in [-0.2, 0) is 0 Å². The molecule has 0 spiro atoms. The van der Waals surface area contributed by atoms with E-state index in [4.69, 9.17) is 5.11 Å². The monoisotopic (exact) mass is 340 g/mol. The Morgan fingerprint density at radius 3 is 2.15 bits per heavy atom. The van der Waals surface area contributed by atoms with E-state index in [0.29, 0.717) is 5.69 Å². The molecule has 0 amide bonds. The van der Waals surface area contributed by atoms with Crippen molar-refractivity contribution in [2.45, 2.75) is 0 Å². The summed E-state index contributed by atoms with van der Waals surface area (Å²) >= 11 is 0. The van der Waals surface area contributed by atoms with E-state index in [1.54, 1.807) is 30.5 Å². The van der Waals surface area contributed by atoms with E-state index >= 15 is 0 Å². The standard InChI is InChI=1S/C22H16N2O2/c25-22(26)17-8-5-9-18(13-17)24-23-14-21-19-10-3-1-6-15(19)12-16-7-2-4-11-20(16)21/h1-14,24H,(H,25,26)/b23-14-. The molecule has 0 aliphatic rings. The minimum atomic E-state index is -0.960. The summed E-state index contributed by atoms with van der Waals surface area (Å²) in [4.78, 5) is 11.1. The molecule has 4 aromatic rings. The van der Waals surface area contributed by atoms with Crippen LogP contribution < -0.4 is 5.43 Å². The van der Waals surface area contributed by atoms with Crippen LogP contribution in [0.1, 0.15) is 15.9 Å². The van der Waals surface area contributed by atoms with Gasteiger partial charge in [-0.1, -0.05) is 54.6 Å². The van der Waals surface area contributed by atoms with Gasteiger partial charge in [0, 0.05) is 5.56 Å². The highest BCUT2D eigenvalue weighted by molar-refractivity contribution is 6.13. The van der Waals surface area contributed by atoms with Crippen molar-refractivity contribution in [2.75, 3.05) is 5.43 Å². The molecule has 0 unspecified atom stereocenters. The molecule has 0 saturated heterocycles. The van der Waals surface area contributed by atoms with Gasteiger partial charge in [0.05, 0.1) is 17.5 Å². The van der Waals surface area contributed by atoms with Crippen molar-refractivity contribution < 1.29 is 9.90 Å². The molecule has 0 aliphatic carbocycles. The molecule has 0 radical (unpaired) electrons. The quantitative estimate of drug-likeness (QED) is 0.307. The Balaban J connectivity index is 1.75. The zero-order valence-corrected chi connectivity index (χ0v) is 13.9. The molecule has 0 aliphatic heterocycles. The third-order valence-corrected chi connectivity index (χ3v) is 4.31. The van der Waals surface area contributed by atoms with Gasteiger partial charge in [-0.15, -0.1) is 0 Å². The fourth-order valence-electron chi connectivity index (χ4n) is 3.08. The number of benzene rings is 4. The van der Waals surface area contributed by atoms with Crippen molar-refractivity contribution in [1.82, 2.24) is 0 Å². The molecule has 26 heavy (non-hydrogen) atoms. The van der Waals surface area contributed by atoms with E-state index in [9.17, 15) is 4.79 Å². The number of fused-ring (bicyclic) bond motifs is 2. The number of hydrogen-bond donors (Lipinski definition) is 2. The van der Waals surface area contributed by atoms with E-state index in [-0.39, 0.29) is 5.56 Å². The lowest BCUT2D eigenvalue weighted by Gasteiger charge is -2.08. The second kappa shape index (κ2) is 6.69. The van der Waals surface area contributed by atoms with Gasteiger partial charge in [-0.2, -0.15) is 5.10 Å². The summed E-state index contributed by atoms with van der Waals surface area (Å²) in [5.41, 5.74) is 4.81. The first-order valence-electron chi connectivity index (χ1n) is 8.25. The number of aromatic carboxylic acids is 1. The van der Waals surface area contributed by atoms with Gasteiger partial charge in [0.1, 0.15) is 0 Å². The lowest BCUT2D eigenvalue weighted by molar-refractivity contribution is 0.0697. The van der Waals surface area contributed by atoms with Gasteiger partial charge in [-0.25, -0.2) is 4.79 Å². The fourth-order valence-corrected chi connectivity index (χ4v) is 3.08. The van der Waals surface area contributed by atoms with Crippen molar-refractivity contribution in [2.24, 2.45) is 5.10 Å². The van der Waals surface area contributed by atoms with Gasteiger partial charge in [-0.05, 0) is 45.8 Å². The van der Waals surface area contributed by atoms with Gasteiger partial charge >= 0.3 is 5.97 Å². The van der Waals surface area contributed by atoms with Crippen molar-refractivity contribution in [3.8, 4) is 0 Å². The second-order valence-electron chi connectivity index (χ2n) is 5.99. The molecule has 126 valence electrons. The minimum absolute atomic E-state index is 0.223. The van der Waals surface area contributed by atoms with E-state index < -0.39 is 5.97 Å². The smallest absolute Gasteiger partial charge is 0.335 e. The molecule has 0 atom stereocenters. The van der Waals surface area contributed by atoms with Gasteiger partial charge in [0.15, 0.2) is 0 Å². The third kappa shape index (κ3) is 3.00. The van der Waals surface area contributed by atoms with Crippen LogP contribution in [0.25, 0.3) is 21.5 Å². The summed E-state index contributed by atoms with van der Waals surface area (Å²) in [6.45, 7) is 0. The van der Waals surface area contributed by atoms with Crippen molar-refractivity contribution in [3.63, 3.8) is 0 Å². The topological polar surface area (TPSA) is 61.7 Å². The zero-order valence-electron chi connectivity index (χ0n) is 13.9. The largest absolute Gasteiger partial charge is 0.478 e. The Bertz CT molecular complexity index is 1100. The Morgan fingerprint density at radius 2 is 1.50 bits per heavy atom. The SMILES string of the molecule is O=C(O)c1cccc(N/N=C\c2c3ccccc3cc3ccccc23)c1. The Hall–Kier alpha value is -3.66. The summed E-state index contributed by atoms with van der Waals surface area (Å²) < 4.78 is 0. The summed E-state index contributed by atoms with van der Waals surface area (Å²) in [6.07, 6.45) is 1.79. The van der Waals surface area contributed by atoms with E-state index in [2.05, 4.69) is 40.9 Å². The van der Waals surface area contributed by atoms with Crippen molar-refractivity contribution >= 4 is 39.4 Å². The summed E-state index contributed by atoms with van der Waals surface area (Å²) in [5, 5.41) is 18.0. The molecule has 0 saturated carbocycles. The molecule has 4 heteroatoms. The summed E-state index contributed by atoms with van der Waals surface area (Å²) in [5.74, 6) is -0.960. The second-order valence-corrected chi connectivity index (χ2v) is 5.99. The number of rotatable bonds is 4. The van der Waals surface area contributed by atoms with Crippen LogP contribution >= 0.6 is 0 Å². The third-order valence-electron chi connectivity index (χ3n) is 4.31. The van der Waals surface area contributed by atoms with Crippen LogP contribution in [0.3, 0.4) is 0 Å². The lowest BCUT2D eigenvalue weighted by atomic mass is 9.97. The van der Waals surface area contributed by atoms with Crippen LogP contribution in [0, 0.1) is 0 Å². The highest BCUT2D eigenvalue weighted by Gasteiger charge is 2.06. The Kier molecular flexibility index (Phi) is 4.07. The maximum absolute atomic E-state index is 11.1. The molecular formula is C22H16N2O2. The number of nitrogens with zero attached hydrogens (tertiary/aromatic N) is 1. The average Bonchev–Trinajstić information content (AvgIpc) is 2.67. The fraction of sp³-hybridized carbons (Fsp3) is 0. The molecule has 2 N–H and O–H groups in total. The van der Waals surface area contributed by atoms with Crippen molar-refractivity contribution in [1.29, 1.82) is 0 Å². The van der Waals surface area contributed by atoms with Crippen LogP contribution in [0.4, 0.5) is 5.69 Å². The predicted molar refractivity (Wildman–Crippen MR) is 106 cm³/mol. The van der Waals surface area contributed by atoms with Crippen molar-refractivity contribution in [3.05, 3.63) is 90.0 Å². The number of hydrogen-bond acceptors (Lipinski definition) is 3. The molecule has 0 bridgehead atoms. The van der Waals surface area contributed by atoms with Gasteiger partial charge < -0.3 is 5.11 Å². The first-order valence-corrected chi connectivity index (χ1v) is 8.25. The lowest BCUT2D eigenvalue weighted by Crippen LogP contribution is -1.98. The first kappa shape index (κ1) is 15.8. The highest BCUT2D eigenvalue weighted by Crippen LogP contribution is 2.27. The summed E-state index contributed by atoms with van der Waals surface area (Å²) in [6, 6.07) is 25.1. The number of hydrazone groups is 1. The number of carbonyl (C=O) groups is 1. The number of anilines is 1. The molecule has 4 rings (SSSR count). The minimum Gasteiger partial charge on any atom is -0.478 e. The van der Waals surface area contributed by atoms with Gasteiger partial charge in [0.2, 0.25) is 0 Å². The van der Waals surface area contributed by atoms with Crippen LogP contribution in [0.5, 0.6) is 0 Å². The van der Waals surface area contributed by atoms with E-state index in [1.165, 1.54) is 0 Å². The first-order chi connectivity index (χ1) is 12.7. The van der Waals surface area contributed by atoms with Gasteiger partial charge in [0.25, 0.3) is 0 Å². The van der Waals surface area contributed by atoms with E-state index in [0.717, 1.165) is 27.1 Å². The number of carboxylic acids is 1. The molecule has 4 aromatic carbocycles. The van der Waals surface area contributed by atoms with Crippen LogP contribution in [0.15, 0.2) is 84.0 Å². The zero-order chi connectivity index (χ0) is 17.9.